The minimum absolute atomic E-state index is 0.330. The van der Waals surface area contributed by atoms with Gasteiger partial charge in [0.15, 0.2) is 0 Å². The van der Waals surface area contributed by atoms with E-state index in [1.165, 1.54) is 24.7 Å². The van der Waals surface area contributed by atoms with Crippen LogP contribution in [0.15, 0.2) is 36.4 Å². The van der Waals surface area contributed by atoms with E-state index in [4.69, 9.17) is 11.0 Å². The van der Waals surface area contributed by atoms with Crippen molar-refractivity contribution >= 4 is 18.0 Å². The van der Waals surface area contributed by atoms with Crippen LogP contribution >= 0.6 is 0 Å². The number of aryl methyl sites for hydroxylation is 2. The fourth-order valence-electron chi connectivity index (χ4n) is 3.81. The van der Waals surface area contributed by atoms with Crippen LogP contribution in [0.3, 0.4) is 0 Å². The van der Waals surface area contributed by atoms with Gasteiger partial charge in [0.25, 0.3) is 5.91 Å². The van der Waals surface area contributed by atoms with Crippen molar-refractivity contribution in [2.24, 2.45) is 5.73 Å². The molecule has 1 aliphatic rings. The van der Waals surface area contributed by atoms with E-state index >= 15 is 0 Å². The number of carbonyl (C=O) groups is 2. The lowest BCUT2D eigenvalue weighted by atomic mass is 10.0. The molecule has 0 spiro atoms. The molecule has 11 heteroatoms. The normalized spacial score (nSPS) is 12.6. The minimum Gasteiger partial charge on any atom is -0.388 e. The van der Waals surface area contributed by atoms with Crippen molar-refractivity contribution in [3.63, 3.8) is 0 Å². The number of hydrogen-bond donors (Lipinski definition) is 2. The van der Waals surface area contributed by atoms with Crippen molar-refractivity contribution < 1.29 is 22.8 Å². The number of alkyl halides is 3. The third-order valence-electron chi connectivity index (χ3n) is 5.92. The molecule has 188 valence electrons. The summed E-state index contributed by atoms with van der Waals surface area (Å²) in [6.45, 7) is 5.57. The number of nitrogens with two attached hydrogens (primary N) is 1. The average molecular weight is 499 g/mol. The van der Waals surface area contributed by atoms with Crippen molar-refractivity contribution in [1.82, 2.24) is 14.7 Å². The van der Waals surface area contributed by atoms with Crippen LogP contribution in [0.5, 0.6) is 0 Å². The summed E-state index contributed by atoms with van der Waals surface area (Å²) in [5.74, 6) is -0.512. The molecule has 0 atom stereocenters. The molecule has 0 bridgehead atoms. The largest absolute Gasteiger partial charge is 0.417 e. The van der Waals surface area contributed by atoms with Crippen LogP contribution in [-0.4, -0.2) is 40.6 Å². The van der Waals surface area contributed by atoms with E-state index in [1.807, 2.05) is 32.0 Å². The van der Waals surface area contributed by atoms with E-state index in [0.29, 0.717) is 42.3 Å². The van der Waals surface area contributed by atoms with Crippen LogP contribution in [0.2, 0.25) is 0 Å². The molecule has 2 heterocycles. The van der Waals surface area contributed by atoms with E-state index in [1.54, 1.807) is 9.58 Å². The Hall–Kier alpha value is -4.33. The molecule has 2 amide bonds. The van der Waals surface area contributed by atoms with Gasteiger partial charge in [0.2, 0.25) is 6.41 Å². The topological polar surface area (TPSA) is 117 Å². The van der Waals surface area contributed by atoms with E-state index in [9.17, 15) is 22.8 Å². The Morgan fingerprint density at radius 2 is 1.89 bits per heavy atom. The molecule has 0 aliphatic carbocycles. The smallest absolute Gasteiger partial charge is 0.388 e. The molecular formula is C25H25F3N6O2. The standard InChI is InChI=1S/C16H18N4O2.C9H7F3N2/c1-10-3-4-12(7-11(10)2)15-14(16(17)22)13-8-19(9-21)5-6-20(13)18-15;1-14-7-3-2-6(5-13)8(4-7)9(10,11)12/h3-4,7,9H,5-6,8H2,1-2H3,(H2,17,22);2-4,14H,1H3. The zero-order valence-electron chi connectivity index (χ0n) is 20.0. The lowest BCUT2D eigenvalue weighted by Gasteiger charge is -2.24. The van der Waals surface area contributed by atoms with Crippen molar-refractivity contribution in [3.8, 4) is 17.3 Å². The highest BCUT2D eigenvalue weighted by Crippen LogP contribution is 2.33. The lowest BCUT2D eigenvalue weighted by molar-refractivity contribution is -0.137. The molecule has 0 radical (unpaired) electrons. The van der Waals surface area contributed by atoms with Gasteiger partial charge in [-0.05, 0) is 49.2 Å². The number of primary amides is 1. The first-order valence-corrected chi connectivity index (χ1v) is 11.0. The molecule has 0 fully saturated rings. The van der Waals surface area contributed by atoms with Crippen molar-refractivity contribution in [1.29, 1.82) is 5.26 Å². The van der Waals surface area contributed by atoms with Gasteiger partial charge >= 0.3 is 6.18 Å². The summed E-state index contributed by atoms with van der Waals surface area (Å²) in [5, 5.41) is 15.6. The Bertz CT molecular complexity index is 1340. The molecule has 36 heavy (non-hydrogen) atoms. The number of halogens is 3. The van der Waals surface area contributed by atoms with Crippen molar-refractivity contribution in [2.45, 2.75) is 33.1 Å². The van der Waals surface area contributed by atoms with Crippen LogP contribution < -0.4 is 11.1 Å². The Morgan fingerprint density at radius 1 is 1.17 bits per heavy atom. The number of nitrogens with zero attached hydrogens (tertiary/aromatic N) is 4. The molecule has 3 aromatic rings. The summed E-state index contributed by atoms with van der Waals surface area (Å²) in [6, 6.07) is 11.0. The number of nitrogens with one attached hydrogen (secondary N) is 1. The number of fused-ring (bicyclic) bond motifs is 1. The van der Waals surface area contributed by atoms with Crippen molar-refractivity contribution in [2.75, 3.05) is 18.9 Å². The van der Waals surface area contributed by atoms with Gasteiger partial charge in [0, 0.05) is 24.8 Å². The summed E-state index contributed by atoms with van der Waals surface area (Å²) < 4.78 is 38.9. The predicted molar refractivity (Wildman–Crippen MR) is 128 cm³/mol. The first kappa shape index (κ1) is 26.3. The van der Waals surface area contributed by atoms with Gasteiger partial charge in [0.1, 0.15) is 5.69 Å². The number of anilines is 1. The first-order valence-electron chi connectivity index (χ1n) is 11.0. The number of nitriles is 1. The Morgan fingerprint density at radius 3 is 2.44 bits per heavy atom. The van der Waals surface area contributed by atoms with Crippen LogP contribution in [0, 0.1) is 25.2 Å². The molecule has 2 aromatic carbocycles. The number of amides is 2. The summed E-state index contributed by atoms with van der Waals surface area (Å²) >= 11 is 0. The van der Waals surface area contributed by atoms with Gasteiger partial charge in [-0.1, -0.05) is 12.1 Å². The zero-order chi connectivity index (χ0) is 26.6. The van der Waals surface area contributed by atoms with Crippen molar-refractivity contribution in [3.05, 3.63) is 69.9 Å². The van der Waals surface area contributed by atoms with Crippen LogP contribution in [0.4, 0.5) is 18.9 Å². The minimum atomic E-state index is -4.49. The highest BCUT2D eigenvalue weighted by atomic mass is 19.4. The van der Waals surface area contributed by atoms with Crippen LogP contribution in [-0.2, 0) is 24.1 Å². The molecule has 0 saturated heterocycles. The summed E-state index contributed by atoms with van der Waals surface area (Å²) in [4.78, 5) is 24.5. The van der Waals surface area contributed by atoms with Crippen LogP contribution in [0.25, 0.3) is 11.3 Å². The van der Waals surface area contributed by atoms with Gasteiger partial charge in [-0.2, -0.15) is 23.5 Å². The van der Waals surface area contributed by atoms with E-state index in [2.05, 4.69) is 10.4 Å². The first-order chi connectivity index (χ1) is 17.0. The second-order valence-corrected chi connectivity index (χ2v) is 8.25. The van der Waals surface area contributed by atoms with Gasteiger partial charge in [-0.25, -0.2) is 0 Å². The maximum Gasteiger partial charge on any atom is 0.417 e. The average Bonchev–Trinajstić information content (AvgIpc) is 3.24. The molecular weight excluding hydrogens is 473 g/mol. The quantitative estimate of drug-likeness (QED) is 0.530. The van der Waals surface area contributed by atoms with Gasteiger partial charge in [-0.15, -0.1) is 0 Å². The molecule has 0 saturated carbocycles. The molecule has 1 aromatic heterocycles. The Balaban J connectivity index is 0.000000223. The fraction of sp³-hybridized carbons (Fsp3) is 0.280. The molecule has 8 nitrogen and oxygen atoms in total. The van der Waals surface area contributed by atoms with Gasteiger partial charge in [-0.3, -0.25) is 14.3 Å². The Labute approximate surface area is 206 Å². The van der Waals surface area contributed by atoms with E-state index in [-0.39, 0.29) is 5.56 Å². The number of rotatable bonds is 4. The molecule has 4 rings (SSSR count). The number of hydrogen-bond acceptors (Lipinski definition) is 5. The van der Waals surface area contributed by atoms with E-state index < -0.39 is 17.6 Å². The highest BCUT2D eigenvalue weighted by molar-refractivity contribution is 6.00. The van der Waals surface area contributed by atoms with Gasteiger partial charge in [0.05, 0.1) is 41.5 Å². The lowest BCUT2D eigenvalue weighted by Crippen LogP contribution is -2.34. The highest BCUT2D eigenvalue weighted by Gasteiger charge is 2.33. The third-order valence-corrected chi connectivity index (χ3v) is 5.92. The zero-order valence-corrected chi connectivity index (χ0v) is 20.0. The Kier molecular flexibility index (Phi) is 7.68. The maximum absolute atomic E-state index is 12.4. The summed E-state index contributed by atoms with van der Waals surface area (Å²) in [7, 11) is 1.52. The van der Waals surface area contributed by atoms with Crippen LogP contribution in [0.1, 0.15) is 38.3 Å². The predicted octanol–water partition coefficient (Wildman–Crippen LogP) is 3.86. The maximum atomic E-state index is 12.4. The molecule has 1 aliphatic heterocycles. The second-order valence-electron chi connectivity index (χ2n) is 8.25. The number of aromatic nitrogens is 2. The monoisotopic (exact) mass is 498 g/mol. The fourth-order valence-corrected chi connectivity index (χ4v) is 3.81. The number of benzene rings is 2. The SMILES string of the molecule is CNc1ccc(C#N)c(C(F)(F)F)c1.Cc1ccc(-c2nn3c(c2C(N)=O)CN(C=O)CC3)cc1C. The second kappa shape index (κ2) is 10.5. The van der Waals surface area contributed by atoms with E-state index in [0.717, 1.165) is 29.7 Å². The van der Waals surface area contributed by atoms with Gasteiger partial charge < -0.3 is 16.0 Å². The molecule has 3 N–H and O–H groups in total. The summed E-state index contributed by atoms with van der Waals surface area (Å²) in [5.41, 5.74) is 9.53. The third kappa shape index (κ3) is 5.49. The summed E-state index contributed by atoms with van der Waals surface area (Å²) in [6.07, 6.45) is -3.70. The number of carbonyl (C=O) groups excluding carboxylic acids is 2. The molecule has 0 unspecified atom stereocenters.